The summed E-state index contributed by atoms with van der Waals surface area (Å²) >= 11 is 0. The van der Waals surface area contributed by atoms with Crippen molar-refractivity contribution >= 4 is 5.91 Å². The first-order chi connectivity index (χ1) is 11.0. The van der Waals surface area contributed by atoms with Gasteiger partial charge in [0, 0.05) is 11.6 Å². The van der Waals surface area contributed by atoms with Crippen molar-refractivity contribution in [2.24, 2.45) is 5.92 Å². The Bertz CT molecular complexity index is 530. The van der Waals surface area contributed by atoms with Crippen molar-refractivity contribution in [3.63, 3.8) is 0 Å². The maximum atomic E-state index is 12.3. The zero-order valence-electron chi connectivity index (χ0n) is 14.9. The van der Waals surface area contributed by atoms with E-state index in [4.69, 9.17) is 4.74 Å². The van der Waals surface area contributed by atoms with Gasteiger partial charge in [-0.1, -0.05) is 31.4 Å². The molecule has 0 aliphatic heterocycles. The molecular weight excluding hydrogens is 288 g/mol. The lowest BCUT2D eigenvalue weighted by Gasteiger charge is -2.29. The van der Waals surface area contributed by atoms with Crippen LogP contribution in [0.25, 0.3) is 0 Å². The molecular formula is C19H31N2O2+. The van der Waals surface area contributed by atoms with Gasteiger partial charge in [0.2, 0.25) is 0 Å². The number of carbonyl (C=O) groups excluding carboxylic acids is 1. The Morgan fingerprint density at radius 1 is 1.35 bits per heavy atom. The number of nitrogens with one attached hydrogen (secondary N) is 2. The Balaban J connectivity index is 1.87. The molecule has 1 aromatic carbocycles. The van der Waals surface area contributed by atoms with E-state index in [1.165, 1.54) is 29.7 Å². The summed E-state index contributed by atoms with van der Waals surface area (Å²) in [4.78, 5) is 13.5. The van der Waals surface area contributed by atoms with Crippen LogP contribution in [-0.2, 0) is 11.3 Å². The molecule has 0 saturated heterocycles. The number of hydrogen-bond donors (Lipinski definition) is 2. The van der Waals surface area contributed by atoms with Crippen molar-refractivity contribution in [2.45, 2.75) is 52.1 Å². The van der Waals surface area contributed by atoms with E-state index < -0.39 is 0 Å². The Kier molecular flexibility index (Phi) is 6.46. The molecule has 1 aliphatic carbocycles. The third kappa shape index (κ3) is 5.24. The second-order valence-electron chi connectivity index (χ2n) is 7.06. The van der Waals surface area contributed by atoms with E-state index in [0.717, 1.165) is 24.3 Å². The Morgan fingerprint density at radius 2 is 2.09 bits per heavy atom. The van der Waals surface area contributed by atoms with Crippen molar-refractivity contribution in [3.05, 3.63) is 29.3 Å². The van der Waals surface area contributed by atoms with E-state index in [9.17, 15) is 4.79 Å². The predicted octanol–water partition coefficient (Wildman–Crippen LogP) is 1.71. The van der Waals surface area contributed by atoms with Gasteiger partial charge in [0.15, 0.2) is 6.54 Å². The zero-order chi connectivity index (χ0) is 16.8. The van der Waals surface area contributed by atoms with Crippen LogP contribution in [0.5, 0.6) is 5.75 Å². The second kappa shape index (κ2) is 8.34. The van der Waals surface area contributed by atoms with Gasteiger partial charge in [-0.2, -0.15) is 0 Å². The molecule has 1 amide bonds. The molecule has 0 heterocycles. The van der Waals surface area contributed by atoms with Crippen LogP contribution in [0.3, 0.4) is 0 Å². The van der Waals surface area contributed by atoms with Crippen LogP contribution in [0.1, 0.15) is 43.7 Å². The molecule has 128 valence electrons. The third-order valence-corrected chi connectivity index (χ3v) is 4.85. The molecule has 4 heteroatoms. The summed E-state index contributed by atoms with van der Waals surface area (Å²) in [5.74, 6) is 1.66. The van der Waals surface area contributed by atoms with E-state index in [0.29, 0.717) is 18.5 Å². The highest BCUT2D eigenvalue weighted by atomic mass is 16.5. The number of methoxy groups -OCH3 is 1. The zero-order valence-corrected chi connectivity index (χ0v) is 14.9. The highest BCUT2D eigenvalue weighted by Gasteiger charge is 2.24. The van der Waals surface area contributed by atoms with E-state index in [2.05, 4.69) is 38.3 Å². The number of hydrogen-bond acceptors (Lipinski definition) is 2. The van der Waals surface area contributed by atoms with Crippen LogP contribution in [0.15, 0.2) is 18.2 Å². The van der Waals surface area contributed by atoms with Crippen molar-refractivity contribution in [1.82, 2.24) is 5.32 Å². The number of benzene rings is 1. The number of quaternary nitrogens is 1. The smallest absolute Gasteiger partial charge is 0.275 e. The molecule has 0 aromatic heterocycles. The lowest BCUT2D eigenvalue weighted by molar-refractivity contribution is -0.885. The molecule has 1 aliphatic rings. The van der Waals surface area contributed by atoms with Gasteiger partial charge in [-0.25, -0.2) is 0 Å². The average Bonchev–Trinajstić information content (AvgIpc) is 2.49. The first kappa shape index (κ1) is 17.8. The maximum absolute atomic E-state index is 12.3. The van der Waals surface area contributed by atoms with Crippen molar-refractivity contribution < 1.29 is 14.4 Å². The van der Waals surface area contributed by atoms with Gasteiger partial charge in [0.25, 0.3) is 5.91 Å². The van der Waals surface area contributed by atoms with E-state index in [-0.39, 0.29) is 5.91 Å². The van der Waals surface area contributed by atoms with Crippen LogP contribution in [0.2, 0.25) is 0 Å². The number of carbonyl (C=O) groups is 1. The topological polar surface area (TPSA) is 42.8 Å². The maximum Gasteiger partial charge on any atom is 0.275 e. The Labute approximate surface area is 140 Å². The molecule has 0 radical (unpaired) electrons. The fourth-order valence-electron chi connectivity index (χ4n) is 3.50. The van der Waals surface area contributed by atoms with Crippen LogP contribution >= 0.6 is 0 Å². The quantitative estimate of drug-likeness (QED) is 0.838. The molecule has 2 N–H and O–H groups in total. The van der Waals surface area contributed by atoms with Crippen LogP contribution in [-0.4, -0.2) is 32.7 Å². The van der Waals surface area contributed by atoms with Gasteiger partial charge in [-0.15, -0.1) is 0 Å². The highest BCUT2D eigenvalue weighted by molar-refractivity contribution is 5.77. The number of aryl methyl sites for hydroxylation is 1. The van der Waals surface area contributed by atoms with Gasteiger partial charge in [0.1, 0.15) is 12.3 Å². The minimum Gasteiger partial charge on any atom is -0.496 e. The van der Waals surface area contributed by atoms with Crippen molar-refractivity contribution in [3.8, 4) is 5.75 Å². The summed E-state index contributed by atoms with van der Waals surface area (Å²) in [6.07, 6.45) is 4.89. The molecule has 23 heavy (non-hydrogen) atoms. The minimum absolute atomic E-state index is 0.160. The van der Waals surface area contributed by atoms with Crippen molar-refractivity contribution in [1.29, 1.82) is 0 Å². The van der Waals surface area contributed by atoms with Gasteiger partial charge >= 0.3 is 0 Å². The van der Waals surface area contributed by atoms with Crippen LogP contribution < -0.4 is 15.0 Å². The average molecular weight is 319 g/mol. The highest BCUT2D eigenvalue weighted by Crippen LogP contribution is 2.23. The third-order valence-electron chi connectivity index (χ3n) is 4.85. The normalized spacial score (nSPS) is 22.4. The molecule has 4 nitrogen and oxygen atoms in total. The Morgan fingerprint density at radius 3 is 2.78 bits per heavy atom. The summed E-state index contributed by atoms with van der Waals surface area (Å²) in [7, 11) is 3.76. The number of rotatable bonds is 6. The molecule has 2 rings (SSSR count). The second-order valence-corrected chi connectivity index (χ2v) is 7.06. The van der Waals surface area contributed by atoms with Gasteiger partial charge < -0.3 is 15.0 Å². The number of amides is 1. The van der Waals surface area contributed by atoms with Gasteiger partial charge in [0.05, 0.1) is 14.2 Å². The lowest BCUT2D eigenvalue weighted by Crippen LogP contribution is -3.09. The molecule has 1 unspecified atom stereocenters. The monoisotopic (exact) mass is 319 g/mol. The standard InChI is InChI=1S/C19H30N2O2/c1-14-9-10-18(23-4)16(11-14)12-21(3)13-19(22)20-17-8-6-5-7-15(17)2/h9-11,15,17H,5-8,12-13H2,1-4H3,(H,20,22)/p+1/t15-,17-/m0/s1. The minimum atomic E-state index is 0.160. The number of likely N-dealkylation sites (N-methyl/N-ethyl adjacent to an activating group) is 1. The van der Waals surface area contributed by atoms with Gasteiger partial charge in [-0.3, -0.25) is 4.79 Å². The van der Waals surface area contributed by atoms with Crippen LogP contribution in [0.4, 0.5) is 0 Å². The molecule has 0 spiro atoms. The summed E-state index contributed by atoms with van der Waals surface area (Å²) in [6.45, 7) is 5.62. The van der Waals surface area contributed by atoms with Gasteiger partial charge in [-0.05, 0) is 37.8 Å². The summed E-state index contributed by atoms with van der Waals surface area (Å²) < 4.78 is 5.43. The molecule has 1 aromatic rings. The van der Waals surface area contributed by atoms with Crippen molar-refractivity contribution in [2.75, 3.05) is 20.7 Å². The lowest BCUT2D eigenvalue weighted by atomic mass is 9.86. The summed E-state index contributed by atoms with van der Waals surface area (Å²) in [5.41, 5.74) is 2.37. The predicted molar refractivity (Wildman–Crippen MR) is 92.8 cm³/mol. The molecule has 1 fully saturated rings. The molecule has 1 saturated carbocycles. The summed E-state index contributed by atoms with van der Waals surface area (Å²) in [6, 6.07) is 6.55. The van der Waals surface area contributed by atoms with E-state index in [1.807, 2.05) is 6.07 Å². The Hall–Kier alpha value is -1.55. The summed E-state index contributed by atoms with van der Waals surface area (Å²) in [5, 5.41) is 3.23. The largest absolute Gasteiger partial charge is 0.496 e. The fourth-order valence-corrected chi connectivity index (χ4v) is 3.50. The molecule has 3 atom stereocenters. The fraction of sp³-hybridized carbons (Fsp3) is 0.632. The molecule has 0 bridgehead atoms. The van der Waals surface area contributed by atoms with E-state index >= 15 is 0 Å². The van der Waals surface area contributed by atoms with E-state index in [1.54, 1.807) is 7.11 Å². The SMILES string of the molecule is COc1ccc(C)cc1C[NH+](C)CC(=O)N[C@H]1CCCC[C@@H]1C. The first-order valence-electron chi connectivity index (χ1n) is 8.73. The first-order valence-corrected chi connectivity index (χ1v) is 8.73. The number of ether oxygens (including phenoxy) is 1. The van der Waals surface area contributed by atoms with Crippen LogP contribution in [0, 0.1) is 12.8 Å².